The number of H-pyrrole nitrogens is 1. The van der Waals surface area contributed by atoms with Crippen molar-refractivity contribution in [2.24, 2.45) is 0 Å². The maximum absolute atomic E-state index is 13.1. The van der Waals surface area contributed by atoms with E-state index in [0.717, 1.165) is 16.9 Å². The second-order valence-corrected chi connectivity index (χ2v) is 4.56. The fourth-order valence-electron chi connectivity index (χ4n) is 2.17. The minimum Gasteiger partial charge on any atom is -0.350 e. The summed E-state index contributed by atoms with van der Waals surface area (Å²) in [5.41, 5.74) is 2.68. The van der Waals surface area contributed by atoms with E-state index < -0.39 is 0 Å². The first-order chi connectivity index (χ1) is 9.04. The lowest BCUT2D eigenvalue weighted by Crippen LogP contribution is -2.15. The Kier molecular flexibility index (Phi) is 2.48. The lowest BCUT2D eigenvalue weighted by atomic mass is 10.2. The molecule has 0 aliphatic heterocycles. The molecule has 0 bridgehead atoms. The van der Waals surface area contributed by atoms with Crippen molar-refractivity contribution in [2.75, 3.05) is 0 Å². The summed E-state index contributed by atoms with van der Waals surface area (Å²) in [6.45, 7) is 3.65. The first-order valence-corrected chi connectivity index (χ1v) is 5.91. The van der Waals surface area contributed by atoms with E-state index in [4.69, 9.17) is 0 Å². The Bertz CT molecular complexity index is 785. The normalized spacial score (nSPS) is 11.1. The molecule has 0 aliphatic carbocycles. The minimum absolute atomic E-state index is 0.248. The van der Waals surface area contributed by atoms with Crippen LogP contribution in [0.3, 0.4) is 0 Å². The highest BCUT2D eigenvalue weighted by Gasteiger charge is 2.15. The highest BCUT2D eigenvalue weighted by Crippen LogP contribution is 2.17. The van der Waals surface area contributed by atoms with Gasteiger partial charge in [-0.3, -0.25) is 4.79 Å². The molecule has 5 heteroatoms. The number of carbonyl (C=O) groups excluding carboxylic acids is 1. The first-order valence-electron chi connectivity index (χ1n) is 5.91. The van der Waals surface area contributed by atoms with Gasteiger partial charge in [-0.1, -0.05) is 0 Å². The summed E-state index contributed by atoms with van der Waals surface area (Å²) in [6.07, 6.45) is 0. The Morgan fingerprint density at radius 1 is 1.26 bits per heavy atom. The largest absolute Gasteiger partial charge is 0.350 e. The van der Waals surface area contributed by atoms with Gasteiger partial charge in [0.2, 0.25) is 0 Å². The number of aryl methyl sites for hydroxylation is 2. The summed E-state index contributed by atoms with van der Waals surface area (Å²) in [7, 11) is 0. The summed E-state index contributed by atoms with van der Waals surface area (Å²) >= 11 is 0. The fraction of sp³-hybridized carbons (Fsp3) is 0.143. The van der Waals surface area contributed by atoms with Gasteiger partial charge in [0.05, 0.1) is 5.69 Å². The number of carbonyl (C=O) groups is 1. The van der Waals surface area contributed by atoms with E-state index in [2.05, 4.69) is 10.1 Å². The van der Waals surface area contributed by atoms with Crippen molar-refractivity contribution in [3.63, 3.8) is 0 Å². The SMILES string of the molecule is Cc1cc(C)n(C(=O)c2cc3cc(F)ccc3[nH]2)n1. The second kappa shape index (κ2) is 4.05. The van der Waals surface area contributed by atoms with Gasteiger partial charge in [0, 0.05) is 16.6 Å². The van der Waals surface area contributed by atoms with Crippen LogP contribution >= 0.6 is 0 Å². The maximum atomic E-state index is 13.1. The standard InChI is InChI=1S/C14H12FN3O/c1-8-5-9(2)18(17-8)14(19)13-7-10-6-11(15)3-4-12(10)16-13/h3-7,16H,1-2H3. The number of fused-ring (bicyclic) bond motifs is 1. The number of hydrogen-bond acceptors (Lipinski definition) is 2. The third kappa shape index (κ3) is 1.93. The third-order valence-corrected chi connectivity index (χ3v) is 3.02. The van der Waals surface area contributed by atoms with Gasteiger partial charge in [0.1, 0.15) is 11.5 Å². The van der Waals surface area contributed by atoms with Gasteiger partial charge in [-0.25, -0.2) is 4.39 Å². The van der Waals surface area contributed by atoms with Crippen molar-refractivity contribution in [1.29, 1.82) is 0 Å². The lowest BCUT2D eigenvalue weighted by Gasteiger charge is -1.99. The molecular formula is C14H12FN3O. The molecule has 0 amide bonds. The zero-order valence-electron chi connectivity index (χ0n) is 10.6. The van der Waals surface area contributed by atoms with Crippen LogP contribution in [-0.4, -0.2) is 20.7 Å². The van der Waals surface area contributed by atoms with E-state index in [1.165, 1.54) is 16.8 Å². The van der Waals surface area contributed by atoms with Crippen molar-refractivity contribution in [3.05, 3.63) is 53.2 Å². The van der Waals surface area contributed by atoms with E-state index in [-0.39, 0.29) is 11.7 Å². The Balaban J connectivity index is 2.09. The number of aromatic nitrogens is 3. The monoisotopic (exact) mass is 257 g/mol. The minimum atomic E-state index is -0.323. The van der Waals surface area contributed by atoms with Gasteiger partial charge >= 0.3 is 0 Å². The average Bonchev–Trinajstić information content (AvgIpc) is 2.91. The van der Waals surface area contributed by atoms with Crippen LogP contribution in [-0.2, 0) is 0 Å². The molecule has 1 N–H and O–H groups in total. The number of hydrogen-bond donors (Lipinski definition) is 1. The number of halogens is 1. The van der Waals surface area contributed by atoms with Crippen LogP contribution in [0.5, 0.6) is 0 Å². The Morgan fingerprint density at radius 3 is 2.74 bits per heavy atom. The topological polar surface area (TPSA) is 50.7 Å². The molecule has 0 saturated carbocycles. The summed E-state index contributed by atoms with van der Waals surface area (Å²) in [6, 6.07) is 7.83. The molecule has 2 heterocycles. The van der Waals surface area contributed by atoms with E-state index in [0.29, 0.717) is 11.1 Å². The summed E-state index contributed by atoms with van der Waals surface area (Å²) in [5.74, 6) is -0.571. The molecule has 2 aromatic heterocycles. The van der Waals surface area contributed by atoms with E-state index in [1.807, 2.05) is 19.9 Å². The molecule has 4 nitrogen and oxygen atoms in total. The molecule has 3 aromatic rings. The van der Waals surface area contributed by atoms with E-state index in [1.54, 1.807) is 12.1 Å². The molecule has 0 atom stereocenters. The number of nitrogens with one attached hydrogen (secondary N) is 1. The molecule has 0 fully saturated rings. The lowest BCUT2D eigenvalue weighted by molar-refractivity contribution is 0.0938. The number of nitrogens with zero attached hydrogens (tertiary/aromatic N) is 2. The van der Waals surface area contributed by atoms with Crippen LogP contribution in [0.15, 0.2) is 30.3 Å². The van der Waals surface area contributed by atoms with Crippen molar-refractivity contribution < 1.29 is 9.18 Å². The second-order valence-electron chi connectivity index (χ2n) is 4.56. The summed E-state index contributed by atoms with van der Waals surface area (Å²) < 4.78 is 14.5. The number of rotatable bonds is 1. The van der Waals surface area contributed by atoms with Gasteiger partial charge < -0.3 is 4.98 Å². The predicted octanol–water partition coefficient (Wildman–Crippen LogP) is 2.81. The molecule has 96 valence electrons. The van der Waals surface area contributed by atoms with E-state index in [9.17, 15) is 9.18 Å². The quantitative estimate of drug-likeness (QED) is 0.728. The molecule has 0 unspecified atom stereocenters. The van der Waals surface area contributed by atoms with Gasteiger partial charge in [-0.2, -0.15) is 9.78 Å². The van der Waals surface area contributed by atoms with Crippen LogP contribution < -0.4 is 0 Å². The van der Waals surface area contributed by atoms with Gasteiger partial charge in [0.15, 0.2) is 0 Å². The Hall–Kier alpha value is -2.43. The van der Waals surface area contributed by atoms with Gasteiger partial charge in [-0.15, -0.1) is 0 Å². The van der Waals surface area contributed by atoms with Crippen molar-refractivity contribution in [1.82, 2.24) is 14.8 Å². The summed E-state index contributed by atoms with van der Waals surface area (Å²) in [5, 5.41) is 4.82. The van der Waals surface area contributed by atoms with Gasteiger partial charge in [-0.05, 0) is 44.2 Å². The zero-order valence-corrected chi connectivity index (χ0v) is 10.6. The number of aromatic amines is 1. The van der Waals surface area contributed by atoms with Crippen LogP contribution in [0.1, 0.15) is 21.9 Å². The van der Waals surface area contributed by atoms with E-state index >= 15 is 0 Å². The molecule has 0 saturated heterocycles. The fourth-order valence-corrected chi connectivity index (χ4v) is 2.17. The molecule has 19 heavy (non-hydrogen) atoms. The van der Waals surface area contributed by atoms with Gasteiger partial charge in [0.25, 0.3) is 5.91 Å². The highest BCUT2D eigenvalue weighted by atomic mass is 19.1. The highest BCUT2D eigenvalue weighted by molar-refractivity contribution is 5.99. The van der Waals surface area contributed by atoms with Crippen LogP contribution in [0.2, 0.25) is 0 Å². The Labute approximate surface area is 108 Å². The average molecular weight is 257 g/mol. The zero-order chi connectivity index (χ0) is 13.6. The first kappa shape index (κ1) is 11.6. The van der Waals surface area contributed by atoms with Crippen LogP contribution in [0.4, 0.5) is 4.39 Å². The predicted molar refractivity (Wildman–Crippen MR) is 69.7 cm³/mol. The molecule has 0 aliphatic rings. The van der Waals surface area contributed by atoms with Crippen LogP contribution in [0.25, 0.3) is 10.9 Å². The van der Waals surface area contributed by atoms with Crippen LogP contribution in [0, 0.1) is 19.7 Å². The smallest absolute Gasteiger partial charge is 0.294 e. The molecular weight excluding hydrogens is 245 g/mol. The molecule has 3 rings (SSSR count). The molecule has 1 aromatic carbocycles. The van der Waals surface area contributed by atoms with Crippen molar-refractivity contribution in [3.8, 4) is 0 Å². The van der Waals surface area contributed by atoms with Crippen molar-refractivity contribution in [2.45, 2.75) is 13.8 Å². The molecule has 0 spiro atoms. The third-order valence-electron chi connectivity index (χ3n) is 3.02. The molecule has 0 radical (unpaired) electrons. The Morgan fingerprint density at radius 2 is 2.05 bits per heavy atom. The number of benzene rings is 1. The summed E-state index contributed by atoms with van der Waals surface area (Å²) in [4.78, 5) is 15.3. The van der Waals surface area contributed by atoms with Crippen molar-refractivity contribution >= 4 is 16.8 Å². The maximum Gasteiger partial charge on any atom is 0.294 e.